The van der Waals surface area contributed by atoms with Crippen molar-refractivity contribution in [1.82, 2.24) is 0 Å². The van der Waals surface area contributed by atoms with Gasteiger partial charge in [0, 0.05) is 25.3 Å². The first-order chi connectivity index (χ1) is 15.4. The Labute approximate surface area is 189 Å². The molecule has 170 valence electrons. The summed E-state index contributed by atoms with van der Waals surface area (Å²) in [6, 6.07) is 15.8. The van der Waals surface area contributed by atoms with E-state index in [1.54, 1.807) is 19.2 Å². The maximum atomic E-state index is 11.4. The monoisotopic (exact) mass is 437 g/mol. The quantitative estimate of drug-likeness (QED) is 0.601. The number of anilines is 3. The lowest BCUT2D eigenvalue weighted by Crippen LogP contribution is -2.48. The summed E-state index contributed by atoms with van der Waals surface area (Å²) in [6.45, 7) is 6.81. The van der Waals surface area contributed by atoms with Crippen LogP contribution in [0.15, 0.2) is 42.5 Å². The van der Waals surface area contributed by atoms with Crippen molar-refractivity contribution >= 4 is 23.0 Å². The molecule has 32 heavy (non-hydrogen) atoms. The maximum Gasteiger partial charge on any atom is 0.304 e. The van der Waals surface area contributed by atoms with Crippen LogP contribution in [-0.4, -0.2) is 50.6 Å². The molecular weight excluding hydrogens is 406 g/mol. The van der Waals surface area contributed by atoms with Crippen LogP contribution in [-0.2, 0) is 14.3 Å². The molecule has 0 amide bonds. The number of carbonyl (C=O) groups is 1. The summed E-state index contributed by atoms with van der Waals surface area (Å²) in [5, 5.41) is 21.9. The third kappa shape index (κ3) is 5.78. The standard InChI is InChI=1S/C25H31N3O4/c1-17(2)24-16-32-11-10-28(24)23-9-6-19(20(15-31-3)13-25(29)30)12-22(23)27-21-7-4-18(14-26)5-8-21/h4-9,12,17,20,24,27H,10-11,13,15-16H2,1-3H3,(H,29,30). The Morgan fingerprint density at radius 2 is 2.06 bits per heavy atom. The number of morpholine rings is 1. The second-order valence-electron chi connectivity index (χ2n) is 8.42. The lowest BCUT2D eigenvalue weighted by Gasteiger charge is -2.40. The first kappa shape index (κ1) is 23.6. The van der Waals surface area contributed by atoms with Crippen LogP contribution in [0.5, 0.6) is 0 Å². The minimum absolute atomic E-state index is 0.00430. The van der Waals surface area contributed by atoms with E-state index in [4.69, 9.17) is 14.7 Å². The Hall–Kier alpha value is -3.08. The molecule has 2 aromatic rings. The average Bonchev–Trinajstić information content (AvgIpc) is 2.79. The lowest BCUT2D eigenvalue weighted by atomic mass is 9.94. The van der Waals surface area contributed by atoms with Crippen molar-refractivity contribution in [3.63, 3.8) is 0 Å². The summed E-state index contributed by atoms with van der Waals surface area (Å²) in [5.41, 5.74) is 4.30. The van der Waals surface area contributed by atoms with Crippen molar-refractivity contribution in [2.75, 3.05) is 43.7 Å². The Morgan fingerprint density at radius 3 is 2.69 bits per heavy atom. The van der Waals surface area contributed by atoms with Gasteiger partial charge in [-0.1, -0.05) is 19.9 Å². The van der Waals surface area contributed by atoms with Crippen LogP contribution >= 0.6 is 0 Å². The van der Waals surface area contributed by atoms with Crippen molar-refractivity contribution in [3.05, 3.63) is 53.6 Å². The van der Waals surface area contributed by atoms with Gasteiger partial charge in [0.15, 0.2) is 0 Å². The SMILES string of the molecule is COCC(CC(=O)O)c1ccc(N2CCOCC2C(C)C)c(Nc2ccc(C#N)cc2)c1. The van der Waals surface area contributed by atoms with Crippen molar-refractivity contribution in [1.29, 1.82) is 5.26 Å². The van der Waals surface area contributed by atoms with Crippen LogP contribution in [0.4, 0.5) is 17.1 Å². The number of nitrogens with zero attached hydrogens (tertiary/aromatic N) is 2. The third-order valence-electron chi connectivity index (χ3n) is 5.82. The van der Waals surface area contributed by atoms with Crippen LogP contribution in [0, 0.1) is 17.2 Å². The molecule has 0 aromatic heterocycles. The highest BCUT2D eigenvalue weighted by atomic mass is 16.5. The molecule has 0 spiro atoms. The number of carboxylic acid groups (broad SMARTS) is 1. The number of benzene rings is 2. The Kier molecular flexibility index (Phi) is 8.09. The molecule has 2 aromatic carbocycles. The van der Waals surface area contributed by atoms with E-state index in [1.165, 1.54) is 0 Å². The zero-order valence-electron chi connectivity index (χ0n) is 18.9. The Balaban J connectivity index is 2.02. The fourth-order valence-electron chi connectivity index (χ4n) is 4.10. The van der Waals surface area contributed by atoms with Crippen molar-refractivity contribution in [3.8, 4) is 6.07 Å². The van der Waals surface area contributed by atoms with Crippen molar-refractivity contribution < 1.29 is 19.4 Å². The van der Waals surface area contributed by atoms with Crippen LogP contribution in [0.2, 0.25) is 0 Å². The second kappa shape index (κ2) is 11.0. The van der Waals surface area contributed by atoms with Gasteiger partial charge in [0.25, 0.3) is 0 Å². The van der Waals surface area contributed by atoms with E-state index in [-0.39, 0.29) is 18.4 Å². The van der Waals surface area contributed by atoms with Gasteiger partial charge in [0.2, 0.25) is 0 Å². The first-order valence-electron chi connectivity index (χ1n) is 10.9. The van der Waals surface area contributed by atoms with Crippen molar-refractivity contribution in [2.45, 2.75) is 32.2 Å². The minimum atomic E-state index is -0.856. The molecule has 2 N–H and O–H groups in total. The summed E-state index contributed by atoms with van der Waals surface area (Å²) in [5.74, 6) is -0.699. The number of hydrogen-bond donors (Lipinski definition) is 2. The number of methoxy groups -OCH3 is 1. The lowest BCUT2D eigenvalue weighted by molar-refractivity contribution is -0.137. The highest BCUT2D eigenvalue weighted by Gasteiger charge is 2.28. The number of hydrogen-bond acceptors (Lipinski definition) is 6. The van der Waals surface area contributed by atoms with Crippen molar-refractivity contribution in [2.24, 2.45) is 5.92 Å². The van der Waals surface area contributed by atoms with Gasteiger partial charge in [-0.3, -0.25) is 4.79 Å². The Morgan fingerprint density at radius 1 is 1.31 bits per heavy atom. The molecule has 1 aliphatic rings. The van der Waals surface area contributed by atoms with Crippen LogP contribution in [0.3, 0.4) is 0 Å². The van der Waals surface area contributed by atoms with E-state index in [0.29, 0.717) is 31.3 Å². The molecule has 1 heterocycles. The number of rotatable bonds is 9. The summed E-state index contributed by atoms with van der Waals surface area (Å²) in [4.78, 5) is 13.8. The molecule has 3 rings (SSSR count). The highest BCUT2D eigenvalue weighted by molar-refractivity contribution is 5.77. The van der Waals surface area contributed by atoms with E-state index < -0.39 is 5.97 Å². The highest BCUT2D eigenvalue weighted by Crippen LogP contribution is 2.36. The normalized spacial score (nSPS) is 17.1. The molecule has 0 saturated carbocycles. The zero-order valence-corrected chi connectivity index (χ0v) is 18.9. The third-order valence-corrected chi connectivity index (χ3v) is 5.82. The minimum Gasteiger partial charge on any atom is -0.481 e. The molecule has 1 fully saturated rings. The molecule has 2 atom stereocenters. The molecule has 2 unspecified atom stereocenters. The summed E-state index contributed by atoms with van der Waals surface area (Å²) >= 11 is 0. The van der Waals surface area contributed by atoms with E-state index in [1.807, 2.05) is 24.3 Å². The van der Waals surface area contributed by atoms with Gasteiger partial charge in [0.1, 0.15) is 0 Å². The zero-order chi connectivity index (χ0) is 23.1. The maximum absolute atomic E-state index is 11.4. The van der Waals surface area contributed by atoms with Gasteiger partial charge in [-0.25, -0.2) is 0 Å². The largest absolute Gasteiger partial charge is 0.481 e. The van der Waals surface area contributed by atoms with Crippen LogP contribution in [0.1, 0.15) is 37.3 Å². The molecule has 1 aliphatic heterocycles. The van der Waals surface area contributed by atoms with Gasteiger partial charge in [-0.15, -0.1) is 0 Å². The average molecular weight is 438 g/mol. The second-order valence-corrected chi connectivity index (χ2v) is 8.42. The summed E-state index contributed by atoms with van der Waals surface area (Å²) in [6.07, 6.45) is -0.00430. The Bertz CT molecular complexity index is 953. The fraction of sp³-hybridized carbons (Fsp3) is 0.440. The predicted molar refractivity (Wildman–Crippen MR) is 125 cm³/mol. The number of nitriles is 1. The van der Waals surface area contributed by atoms with E-state index in [2.05, 4.69) is 36.2 Å². The summed E-state index contributed by atoms with van der Waals surface area (Å²) in [7, 11) is 1.58. The molecule has 0 bridgehead atoms. The van der Waals surface area contributed by atoms with E-state index >= 15 is 0 Å². The van der Waals surface area contributed by atoms with E-state index in [0.717, 1.165) is 29.2 Å². The van der Waals surface area contributed by atoms with Gasteiger partial charge in [-0.2, -0.15) is 5.26 Å². The number of aliphatic carboxylic acids is 1. The van der Waals surface area contributed by atoms with Gasteiger partial charge in [-0.05, 0) is 47.9 Å². The van der Waals surface area contributed by atoms with Crippen LogP contribution in [0.25, 0.3) is 0 Å². The van der Waals surface area contributed by atoms with E-state index in [9.17, 15) is 9.90 Å². The molecular formula is C25H31N3O4. The molecule has 7 nitrogen and oxygen atoms in total. The number of nitrogens with one attached hydrogen (secondary N) is 1. The molecule has 0 radical (unpaired) electrons. The number of carboxylic acids is 1. The van der Waals surface area contributed by atoms with Gasteiger partial charge in [0.05, 0.1) is 55.3 Å². The van der Waals surface area contributed by atoms with Gasteiger partial charge >= 0.3 is 5.97 Å². The molecule has 0 aliphatic carbocycles. The number of ether oxygens (including phenoxy) is 2. The van der Waals surface area contributed by atoms with Crippen LogP contribution < -0.4 is 10.2 Å². The summed E-state index contributed by atoms with van der Waals surface area (Å²) < 4.78 is 11.0. The van der Waals surface area contributed by atoms with Gasteiger partial charge < -0.3 is 24.8 Å². The first-order valence-corrected chi connectivity index (χ1v) is 10.9. The predicted octanol–water partition coefficient (Wildman–Crippen LogP) is 4.37. The molecule has 1 saturated heterocycles. The fourth-order valence-corrected chi connectivity index (χ4v) is 4.10. The smallest absolute Gasteiger partial charge is 0.304 e. The topological polar surface area (TPSA) is 94.8 Å². The molecule has 7 heteroatoms.